The van der Waals surface area contributed by atoms with E-state index in [-0.39, 0.29) is 24.3 Å². The molecule has 2 heterocycles. The largest absolute Gasteiger partial charge is 0.502 e. The highest BCUT2D eigenvalue weighted by molar-refractivity contribution is 6.47. The molecule has 2 rings (SSSR count). The summed E-state index contributed by atoms with van der Waals surface area (Å²) in [5, 5.41) is 0. The zero-order valence-electron chi connectivity index (χ0n) is 9.24. The summed E-state index contributed by atoms with van der Waals surface area (Å²) in [6.07, 6.45) is 4.59. The second kappa shape index (κ2) is 3.01. The van der Waals surface area contributed by atoms with Gasteiger partial charge in [0, 0.05) is 6.42 Å². The summed E-state index contributed by atoms with van der Waals surface area (Å²) in [6, 6.07) is 0.0241. The first-order valence-electron chi connectivity index (χ1n) is 5.08. The summed E-state index contributed by atoms with van der Waals surface area (Å²) in [6.45, 7) is 8.20. The highest BCUT2D eigenvalue weighted by Crippen LogP contribution is 2.38. The zero-order valence-corrected chi connectivity index (χ0v) is 9.24. The molecule has 2 aliphatic rings. The molecule has 0 aromatic rings. The normalized spacial score (nSPS) is 33.4. The standard InChI is InChI=1S/C10H17BO3/c1-9(2)10(3,4)14-11(13-9)8-6-5-7-12-8/h5,7-8H,6H2,1-4H3. The molecule has 78 valence electrons. The van der Waals surface area contributed by atoms with Crippen molar-refractivity contribution in [3.05, 3.63) is 12.3 Å². The van der Waals surface area contributed by atoms with Crippen LogP contribution in [0, 0.1) is 0 Å². The lowest BCUT2D eigenvalue weighted by Crippen LogP contribution is -2.41. The van der Waals surface area contributed by atoms with Crippen LogP contribution < -0.4 is 0 Å². The van der Waals surface area contributed by atoms with Gasteiger partial charge in [0.15, 0.2) is 0 Å². The molecular weight excluding hydrogens is 179 g/mol. The van der Waals surface area contributed by atoms with Crippen LogP contribution in [0.1, 0.15) is 34.1 Å². The quantitative estimate of drug-likeness (QED) is 0.599. The van der Waals surface area contributed by atoms with Crippen molar-refractivity contribution >= 4 is 7.12 Å². The van der Waals surface area contributed by atoms with E-state index in [1.807, 2.05) is 6.08 Å². The van der Waals surface area contributed by atoms with E-state index in [2.05, 4.69) is 27.7 Å². The average Bonchev–Trinajstić information content (AvgIpc) is 2.58. The summed E-state index contributed by atoms with van der Waals surface area (Å²) in [4.78, 5) is 0. The summed E-state index contributed by atoms with van der Waals surface area (Å²) in [5.74, 6) is 0. The Morgan fingerprint density at radius 2 is 1.71 bits per heavy atom. The average molecular weight is 196 g/mol. The van der Waals surface area contributed by atoms with Gasteiger partial charge in [0.05, 0.1) is 17.5 Å². The van der Waals surface area contributed by atoms with Crippen LogP contribution in [0.2, 0.25) is 0 Å². The van der Waals surface area contributed by atoms with Gasteiger partial charge in [-0.1, -0.05) is 0 Å². The van der Waals surface area contributed by atoms with Crippen molar-refractivity contribution in [2.45, 2.75) is 51.3 Å². The van der Waals surface area contributed by atoms with Crippen LogP contribution in [0.15, 0.2) is 12.3 Å². The van der Waals surface area contributed by atoms with Gasteiger partial charge in [-0.2, -0.15) is 0 Å². The van der Waals surface area contributed by atoms with Gasteiger partial charge < -0.3 is 14.0 Å². The Balaban J connectivity index is 2.06. The number of hydrogen-bond acceptors (Lipinski definition) is 3. The van der Waals surface area contributed by atoms with E-state index in [9.17, 15) is 0 Å². The Morgan fingerprint density at radius 3 is 2.14 bits per heavy atom. The van der Waals surface area contributed by atoms with Gasteiger partial charge in [-0.25, -0.2) is 0 Å². The van der Waals surface area contributed by atoms with Crippen molar-refractivity contribution in [1.29, 1.82) is 0 Å². The van der Waals surface area contributed by atoms with Gasteiger partial charge in [-0.15, -0.1) is 0 Å². The van der Waals surface area contributed by atoms with E-state index < -0.39 is 0 Å². The minimum atomic E-state index is -0.260. The topological polar surface area (TPSA) is 27.7 Å². The van der Waals surface area contributed by atoms with Gasteiger partial charge in [0.1, 0.15) is 6.00 Å². The van der Waals surface area contributed by atoms with Crippen molar-refractivity contribution < 1.29 is 14.0 Å². The third-order valence-electron chi connectivity index (χ3n) is 3.29. The SMILES string of the molecule is CC1(C)OB(C2CC=CO2)OC1(C)C. The monoisotopic (exact) mass is 196 g/mol. The lowest BCUT2D eigenvalue weighted by molar-refractivity contribution is 0.00578. The fraction of sp³-hybridized carbons (Fsp3) is 0.800. The predicted molar refractivity (Wildman–Crippen MR) is 54.7 cm³/mol. The molecule has 0 aromatic carbocycles. The first-order valence-corrected chi connectivity index (χ1v) is 5.08. The van der Waals surface area contributed by atoms with Crippen molar-refractivity contribution in [1.82, 2.24) is 0 Å². The molecule has 14 heavy (non-hydrogen) atoms. The van der Waals surface area contributed by atoms with Crippen molar-refractivity contribution in [3.8, 4) is 0 Å². The highest BCUT2D eigenvalue weighted by atomic mass is 16.7. The minimum absolute atomic E-state index is 0.0241. The Morgan fingerprint density at radius 1 is 1.14 bits per heavy atom. The predicted octanol–water partition coefficient (Wildman–Crippen LogP) is 1.92. The van der Waals surface area contributed by atoms with Gasteiger partial charge in [-0.05, 0) is 33.8 Å². The molecule has 0 N–H and O–H groups in total. The molecule has 2 aliphatic heterocycles. The zero-order chi connectivity index (χ0) is 10.4. The minimum Gasteiger partial charge on any atom is -0.500 e. The van der Waals surface area contributed by atoms with E-state index >= 15 is 0 Å². The van der Waals surface area contributed by atoms with Crippen LogP contribution in [-0.2, 0) is 14.0 Å². The molecule has 0 bridgehead atoms. The van der Waals surface area contributed by atoms with Crippen molar-refractivity contribution in [2.24, 2.45) is 0 Å². The third-order valence-corrected chi connectivity index (χ3v) is 3.29. The molecule has 1 fully saturated rings. The Bertz CT molecular complexity index is 236. The highest BCUT2D eigenvalue weighted by Gasteiger charge is 2.54. The first kappa shape index (κ1) is 10.1. The molecule has 0 spiro atoms. The second-order valence-electron chi connectivity index (χ2n) is 4.91. The van der Waals surface area contributed by atoms with Crippen molar-refractivity contribution in [3.63, 3.8) is 0 Å². The summed E-state index contributed by atoms with van der Waals surface area (Å²) in [7, 11) is -0.241. The maximum atomic E-state index is 5.86. The first-order chi connectivity index (χ1) is 6.42. The Labute approximate surface area is 85.6 Å². The Hall–Kier alpha value is -0.475. The molecule has 0 saturated carbocycles. The van der Waals surface area contributed by atoms with E-state index in [0.717, 1.165) is 6.42 Å². The maximum absolute atomic E-state index is 5.86. The molecule has 4 heteroatoms. The summed E-state index contributed by atoms with van der Waals surface area (Å²) >= 11 is 0. The lowest BCUT2D eigenvalue weighted by Gasteiger charge is -2.32. The van der Waals surface area contributed by atoms with Crippen LogP contribution >= 0.6 is 0 Å². The molecule has 0 aliphatic carbocycles. The van der Waals surface area contributed by atoms with Crippen LogP contribution in [0.3, 0.4) is 0 Å². The van der Waals surface area contributed by atoms with Crippen LogP contribution in [0.4, 0.5) is 0 Å². The van der Waals surface area contributed by atoms with Gasteiger partial charge in [0.25, 0.3) is 0 Å². The molecule has 3 nitrogen and oxygen atoms in total. The third kappa shape index (κ3) is 1.46. The van der Waals surface area contributed by atoms with E-state index in [0.29, 0.717) is 0 Å². The number of hydrogen-bond donors (Lipinski definition) is 0. The van der Waals surface area contributed by atoms with E-state index in [1.54, 1.807) is 6.26 Å². The van der Waals surface area contributed by atoms with E-state index in [1.165, 1.54) is 0 Å². The molecular formula is C10H17BO3. The fourth-order valence-electron chi connectivity index (χ4n) is 1.62. The number of ether oxygens (including phenoxy) is 1. The van der Waals surface area contributed by atoms with Gasteiger partial charge in [0.2, 0.25) is 0 Å². The van der Waals surface area contributed by atoms with Gasteiger partial charge >= 0.3 is 7.12 Å². The van der Waals surface area contributed by atoms with Crippen LogP contribution in [-0.4, -0.2) is 24.3 Å². The van der Waals surface area contributed by atoms with Crippen molar-refractivity contribution in [2.75, 3.05) is 0 Å². The fourth-order valence-corrected chi connectivity index (χ4v) is 1.62. The summed E-state index contributed by atoms with van der Waals surface area (Å²) in [5.41, 5.74) is -0.521. The van der Waals surface area contributed by atoms with Gasteiger partial charge in [-0.3, -0.25) is 0 Å². The molecule has 1 unspecified atom stereocenters. The van der Waals surface area contributed by atoms with Crippen LogP contribution in [0.25, 0.3) is 0 Å². The second-order valence-corrected chi connectivity index (χ2v) is 4.91. The molecule has 1 atom stereocenters. The molecule has 0 aromatic heterocycles. The van der Waals surface area contributed by atoms with Crippen LogP contribution in [0.5, 0.6) is 0 Å². The van der Waals surface area contributed by atoms with E-state index in [4.69, 9.17) is 14.0 Å². The Kier molecular flexibility index (Phi) is 2.16. The molecule has 0 amide bonds. The molecule has 0 radical (unpaired) electrons. The number of rotatable bonds is 1. The smallest absolute Gasteiger partial charge is 0.500 e. The lowest BCUT2D eigenvalue weighted by atomic mass is 9.79. The summed E-state index contributed by atoms with van der Waals surface area (Å²) < 4.78 is 17.1. The molecule has 1 saturated heterocycles. The maximum Gasteiger partial charge on any atom is 0.502 e.